The Morgan fingerprint density at radius 1 is 1.24 bits per heavy atom. The van der Waals surface area contributed by atoms with Crippen molar-refractivity contribution >= 4 is 52.4 Å². The summed E-state index contributed by atoms with van der Waals surface area (Å²) in [4.78, 5) is 9.75. The fourth-order valence-corrected chi connectivity index (χ4v) is 3.56. The molecule has 0 unspecified atom stereocenters. The van der Waals surface area contributed by atoms with E-state index in [0.29, 0.717) is 21.6 Å². The van der Waals surface area contributed by atoms with E-state index in [1.807, 2.05) is 13.0 Å². The molecule has 0 atom stereocenters. The van der Waals surface area contributed by atoms with E-state index >= 15 is 0 Å². The molecule has 0 amide bonds. The zero-order valence-electron chi connectivity index (χ0n) is 13.5. The molecule has 130 valence electrons. The van der Waals surface area contributed by atoms with Crippen molar-refractivity contribution in [3.63, 3.8) is 0 Å². The molecule has 0 spiro atoms. The van der Waals surface area contributed by atoms with Gasteiger partial charge in [-0.1, -0.05) is 47.6 Å². The SMILES string of the molecule is C=C/C=C(\C=C/N)Sc1c(Cl)cc(Nc2cc(C)nc(N)n2)cc1Cl. The zero-order valence-corrected chi connectivity index (χ0v) is 15.8. The summed E-state index contributed by atoms with van der Waals surface area (Å²) in [5, 5.41) is 4.12. The van der Waals surface area contributed by atoms with E-state index in [1.54, 1.807) is 30.4 Å². The number of anilines is 3. The topological polar surface area (TPSA) is 89.8 Å². The predicted molar refractivity (Wildman–Crippen MR) is 108 cm³/mol. The zero-order chi connectivity index (χ0) is 18.4. The van der Waals surface area contributed by atoms with Crippen molar-refractivity contribution in [2.45, 2.75) is 11.8 Å². The second-order valence-electron chi connectivity index (χ2n) is 4.91. The molecule has 1 aromatic heterocycles. The van der Waals surface area contributed by atoms with E-state index in [4.69, 9.17) is 34.7 Å². The van der Waals surface area contributed by atoms with Crippen LogP contribution in [-0.2, 0) is 0 Å². The van der Waals surface area contributed by atoms with Gasteiger partial charge in [-0.15, -0.1) is 0 Å². The number of rotatable bonds is 6. The minimum Gasteiger partial charge on any atom is -0.405 e. The number of thioether (sulfide) groups is 1. The quantitative estimate of drug-likeness (QED) is 0.469. The summed E-state index contributed by atoms with van der Waals surface area (Å²) in [7, 11) is 0. The Hall–Kier alpha value is -2.15. The number of benzene rings is 1. The van der Waals surface area contributed by atoms with Crippen molar-refractivity contribution in [3.05, 3.63) is 69.9 Å². The van der Waals surface area contributed by atoms with E-state index in [0.717, 1.165) is 15.5 Å². The normalized spacial score (nSPS) is 11.7. The number of hydrogen-bond acceptors (Lipinski definition) is 6. The fraction of sp³-hybridized carbons (Fsp3) is 0.0588. The molecule has 0 aliphatic heterocycles. The first-order chi connectivity index (χ1) is 11.9. The van der Waals surface area contributed by atoms with Crippen LogP contribution in [-0.4, -0.2) is 9.97 Å². The lowest BCUT2D eigenvalue weighted by molar-refractivity contribution is 1.12. The highest BCUT2D eigenvalue weighted by molar-refractivity contribution is 8.03. The number of aryl methyl sites for hydroxylation is 1. The summed E-state index contributed by atoms with van der Waals surface area (Å²) < 4.78 is 0. The smallest absolute Gasteiger partial charge is 0.222 e. The number of halogens is 2. The molecule has 1 heterocycles. The van der Waals surface area contributed by atoms with Crippen LogP contribution in [0.5, 0.6) is 0 Å². The van der Waals surface area contributed by atoms with Crippen molar-refractivity contribution in [2.24, 2.45) is 5.73 Å². The summed E-state index contributed by atoms with van der Waals surface area (Å²) in [5.74, 6) is 0.760. The Bertz CT molecular complexity index is 806. The molecule has 5 N–H and O–H groups in total. The maximum atomic E-state index is 6.40. The highest BCUT2D eigenvalue weighted by Crippen LogP contribution is 2.41. The molecule has 0 saturated heterocycles. The van der Waals surface area contributed by atoms with Crippen LogP contribution in [0.25, 0.3) is 0 Å². The van der Waals surface area contributed by atoms with Crippen LogP contribution in [0.4, 0.5) is 17.5 Å². The molecule has 25 heavy (non-hydrogen) atoms. The Morgan fingerprint density at radius 2 is 1.92 bits per heavy atom. The molecule has 0 saturated carbocycles. The number of aromatic nitrogens is 2. The molecule has 2 rings (SSSR count). The van der Waals surface area contributed by atoms with Gasteiger partial charge in [0.1, 0.15) is 5.82 Å². The summed E-state index contributed by atoms with van der Waals surface area (Å²) in [5.41, 5.74) is 12.6. The molecule has 0 fully saturated rings. The van der Waals surface area contributed by atoms with E-state index in [2.05, 4.69) is 21.9 Å². The second-order valence-corrected chi connectivity index (χ2v) is 6.81. The van der Waals surface area contributed by atoms with Gasteiger partial charge in [0.25, 0.3) is 0 Å². The van der Waals surface area contributed by atoms with Crippen molar-refractivity contribution in [2.75, 3.05) is 11.1 Å². The Labute approximate surface area is 160 Å². The maximum absolute atomic E-state index is 6.40. The monoisotopic (exact) mass is 393 g/mol. The Morgan fingerprint density at radius 3 is 2.48 bits per heavy atom. The van der Waals surface area contributed by atoms with Gasteiger partial charge in [0, 0.05) is 27.2 Å². The molecule has 5 nitrogen and oxygen atoms in total. The van der Waals surface area contributed by atoms with Crippen LogP contribution in [0, 0.1) is 6.92 Å². The van der Waals surface area contributed by atoms with Gasteiger partial charge in [0.15, 0.2) is 0 Å². The minimum atomic E-state index is 0.194. The van der Waals surface area contributed by atoms with Crippen LogP contribution < -0.4 is 16.8 Å². The largest absolute Gasteiger partial charge is 0.405 e. The molecule has 1 aromatic carbocycles. The lowest BCUT2D eigenvalue weighted by Crippen LogP contribution is -2.01. The highest BCUT2D eigenvalue weighted by Gasteiger charge is 2.11. The predicted octanol–water partition coefficient (Wildman–Crippen LogP) is 5.05. The maximum Gasteiger partial charge on any atom is 0.222 e. The first kappa shape index (κ1) is 19.2. The average Bonchev–Trinajstić information content (AvgIpc) is 2.50. The molecule has 0 bridgehead atoms. The third-order valence-corrected chi connectivity index (χ3v) is 4.88. The van der Waals surface area contributed by atoms with Crippen LogP contribution in [0.3, 0.4) is 0 Å². The lowest BCUT2D eigenvalue weighted by Gasteiger charge is -2.12. The van der Waals surface area contributed by atoms with E-state index in [1.165, 1.54) is 18.0 Å². The number of hydrogen-bond donors (Lipinski definition) is 3. The summed E-state index contributed by atoms with van der Waals surface area (Å²) >= 11 is 14.2. The Kier molecular flexibility index (Phi) is 6.75. The van der Waals surface area contributed by atoms with Crippen LogP contribution >= 0.6 is 35.0 Å². The van der Waals surface area contributed by atoms with Gasteiger partial charge < -0.3 is 16.8 Å². The molecule has 0 aliphatic carbocycles. The second kappa shape index (κ2) is 8.80. The van der Waals surface area contributed by atoms with Crippen LogP contribution in [0.1, 0.15) is 5.69 Å². The Balaban J connectivity index is 2.30. The van der Waals surface area contributed by atoms with E-state index in [-0.39, 0.29) is 5.95 Å². The molecule has 0 radical (unpaired) electrons. The van der Waals surface area contributed by atoms with Crippen molar-refractivity contribution in [1.29, 1.82) is 0 Å². The van der Waals surface area contributed by atoms with Gasteiger partial charge >= 0.3 is 0 Å². The highest BCUT2D eigenvalue weighted by atomic mass is 35.5. The lowest BCUT2D eigenvalue weighted by atomic mass is 10.3. The number of nitrogen functional groups attached to an aromatic ring is 1. The van der Waals surface area contributed by atoms with E-state index < -0.39 is 0 Å². The van der Waals surface area contributed by atoms with Gasteiger partial charge in [-0.25, -0.2) is 4.98 Å². The van der Waals surface area contributed by atoms with Gasteiger partial charge in [0.05, 0.1) is 10.0 Å². The van der Waals surface area contributed by atoms with E-state index in [9.17, 15) is 0 Å². The number of nitrogens with two attached hydrogens (primary N) is 2. The summed E-state index contributed by atoms with van der Waals surface area (Å²) in [6.07, 6.45) is 6.68. The molecule has 2 aromatic rings. The average molecular weight is 394 g/mol. The van der Waals surface area contributed by atoms with Gasteiger partial charge in [-0.2, -0.15) is 4.98 Å². The van der Waals surface area contributed by atoms with Crippen LogP contribution in [0.15, 0.2) is 59.0 Å². The summed E-state index contributed by atoms with van der Waals surface area (Å²) in [6.45, 7) is 5.52. The van der Waals surface area contributed by atoms with Crippen molar-refractivity contribution in [3.8, 4) is 0 Å². The van der Waals surface area contributed by atoms with Crippen LogP contribution in [0.2, 0.25) is 10.0 Å². The minimum absolute atomic E-state index is 0.194. The summed E-state index contributed by atoms with van der Waals surface area (Å²) in [6, 6.07) is 5.31. The van der Waals surface area contributed by atoms with Gasteiger partial charge in [-0.3, -0.25) is 0 Å². The molecular weight excluding hydrogens is 377 g/mol. The molecule has 0 aliphatic rings. The molecule has 8 heteroatoms. The number of nitrogens with one attached hydrogen (secondary N) is 1. The van der Waals surface area contributed by atoms with Gasteiger partial charge in [0.2, 0.25) is 5.95 Å². The fourth-order valence-electron chi connectivity index (χ4n) is 1.99. The molecular formula is C17H17Cl2N5S. The standard InChI is InChI=1S/C17H17Cl2N5S/c1-3-4-12(5-6-20)25-16-13(18)8-11(9-14(16)19)23-15-7-10(2)22-17(21)24-15/h3-9H,1,20H2,2H3,(H3,21,22,23,24)/b6-5-,12-4+. The number of allylic oxidation sites excluding steroid dienone is 3. The van der Waals surface area contributed by atoms with Gasteiger partial charge in [-0.05, 0) is 37.4 Å². The first-order valence-electron chi connectivity index (χ1n) is 7.19. The first-order valence-corrected chi connectivity index (χ1v) is 8.76. The third-order valence-electron chi connectivity index (χ3n) is 2.90. The third kappa shape index (κ3) is 5.42. The van der Waals surface area contributed by atoms with Crippen molar-refractivity contribution in [1.82, 2.24) is 9.97 Å². The number of nitrogens with zero attached hydrogens (tertiary/aromatic N) is 2. The van der Waals surface area contributed by atoms with Crippen molar-refractivity contribution < 1.29 is 0 Å².